The van der Waals surface area contributed by atoms with Crippen molar-refractivity contribution in [1.29, 1.82) is 0 Å². The standard InChI is InChI=1S/C13H16N4S/c14-12-10-13(18-15-12)17-8-6-16(7-9-17)11-4-2-1-3-5-11/h1-5,10H,6-9H2,(H2,14,15). The lowest BCUT2D eigenvalue weighted by Gasteiger charge is -2.36. The van der Waals surface area contributed by atoms with Crippen molar-refractivity contribution in [1.82, 2.24) is 4.37 Å². The van der Waals surface area contributed by atoms with Gasteiger partial charge in [-0.3, -0.25) is 0 Å². The second-order valence-electron chi connectivity index (χ2n) is 4.40. The van der Waals surface area contributed by atoms with Gasteiger partial charge in [0.2, 0.25) is 0 Å². The van der Waals surface area contributed by atoms with Gasteiger partial charge in [-0.25, -0.2) is 0 Å². The van der Waals surface area contributed by atoms with Crippen LogP contribution in [-0.2, 0) is 0 Å². The minimum absolute atomic E-state index is 0.625. The van der Waals surface area contributed by atoms with Crippen LogP contribution in [0.4, 0.5) is 16.5 Å². The van der Waals surface area contributed by atoms with Gasteiger partial charge in [0.05, 0.1) is 0 Å². The Morgan fingerprint density at radius 2 is 1.67 bits per heavy atom. The number of hydrogen-bond donors (Lipinski definition) is 1. The number of rotatable bonds is 2. The zero-order valence-corrected chi connectivity index (χ0v) is 10.9. The summed E-state index contributed by atoms with van der Waals surface area (Å²) < 4.78 is 4.13. The van der Waals surface area contributed by atoms with Crippen LogP contribution in [0.2, 0.25) is 0 Å². The molecule has 1 aliphatic heterocycles. The lowest BCUT2D eigenvalue weighted by atomic mass is 10.2. The Morgan fingerprint density at radius 3 is 2.28 bits per heavy atom. The molecule has 2 N–H and O–H groups in total. The highest BCUT2D eigenvalue weighted by molar-refractivity contribution is 7.10. The third-order valence-electron chi connectivity index (χ3n) is 3.23. The third kappa shape index (κ3) is 2.26. The maximum absolute atomic E-state index is 5.67. The Hall–Kier alpha value is -1.75. The summed E-state index contributed by atoms with van der Waals surface area (Å²) in [6.07, 6.45) is 0. The monoisotopic (exact) mass is 260 g/mol. The van der Waals surface area contributed by atoms with E-state index >= 15 is 0 Å². The summed E-state index contributed by atoms with van der Waals surface area (Å²) in [6.45, 7) is 4.14. The van der Waals surface area contributed by atoms with Crippen LogP contribution in [0.25, 0.3) is 0 Å². The Kier molecular flexibility index (Phi) is 3.06. The topological polar surface area (TPSA) is 45.4 Å². The molecule has 0 saturated carbocycles. The molecule has 18 heavy (non-hydrogen) atoms. The van der Waals surface area contributed by atoms with Crippen LogP contribution in [0.1, 0.15) is 0 Å². The van der Waals surface area contributed by atoms with E-state index in [4.69, 9.17) is 5.73 Å². The van der Waals surface area contributed by atoms with Gasteiger partial charge in [-0.1, -0.05) is 18.2 Å². The minimum Gasteiger partial charge on any atom is -0.383 e. The van der Waals surface area contributed by atoms with Crippen LogP contribution in [0, 0.1) is 0 Å². The first-order valence-electron chi connectivity index (χ1n) is 6.10. The van der Waals surface area contributed by atoms with Gasteiger partial charge in [0.25, 0.3) is 0 Å². The van der Waals surface area contributed by atoms with Crippen LogP contribution < -0.4 is 15.5 Å². The molecule has 2 heterocycles. The molecule has 94 valence electrons. The van der Waals surface area contributed by atoms with Gasteiger partial charge in [0.15, 0.2) is 0 Å². The van der Waals surface area contributed by atoms with Crippen LogP contribution in [-0.4, -0.2) is 30.6 Å². The fraction of sp³-hybridized carbons (Fsp3) is 0.308. The van der Waals surface area contributed by atoms with Gasteiger partial charge in [-0.2, -0.15) is 4.37 Å². The van der Waals surface area contributed by atoms with Crippen molar-refractivity contribution in [3.8, 4) is 0 Å². The molecular weight excluding hydrogens is 244 g/mol. The van der Waals surface area contributed by atoms with Crippen molar-refractivity contribution in [3.05, 3.63) is 36.4 Å². The predicted octanol–water partition coefficient (Wildman–Crippen LogP) is 2.05. The average Bonchev–Trinajstić information content (AvgIpc) is 2.87. The Morgan fingerprint density at radius 1 is 1.00 bits per heavy atom. The Bertz CT molecular complexity index is 503. The van der Waals surface area contributed by atoms with E-state index in [9.17, 15) is 0 Å². The van der Waals surface area contributed by atoms with Crippen LogP contribution in [0.5, 0.6) is 0 Å². The summed E-state index contributed by atoms with van der Waals surface area (Å²) in [5.74, 6) is 0.625. The van der Waals surface area contributed by atoms with Crippen molar-refractivity contribution in [2.45, 2.75) is 0 Å². The zero-order valence-electron chi connectivity index (χ0n) is 10.1. The summed E-state index contributed by atoms with van der Waals surface area (Å²) >= 11 is 1.49. The summed E-state index contributed by atoms with van der Waals surface area (Å²) in [7, 11) is 0. The third-order valence-corrected chi connectivity index (χ3v) is 4.09. The van der Waals surface area contributed by atoms with Crippen molar-refractivity contribution in [2.24, 2.45) is 0 Å². The maximum Gasteiger partial charge on any atom is 0.139 e. The van der Waals surface area contributed by atoms with E-state index in [0.29, 0.717) is 5.82 Å². The van der Waals surface area contributed by atoms with E-state index in [-0.39, 0.29) is 0 Å². The second-order valence-corrected chi connectivity index (χ2v) is 5.18. The second kappa shape index (κ2) is 4.86. The number of hydrogen-bond acceptors (Lipinski definition) is 5. The molecule has 3 rings (SSSR count). The van der Waals surface area contributed by atoms with E-state index in [1.807, 2.05) is 6.07 Å². The van der Waals surface area contributed by atoms with Gasteiger partial charge < -0.3 is 15.5 Å². The van der Waals surface area contributed by atoms with Crippen LogP contribution in [0.15, 0.2) is 36.4 Å². The van der Waals surface area contributed by atoms with Gasteiger partial charge in [-0.15, -0.1) is 0 Å². The van der Waals surface area contributed by atoms with Crippen LogP contribution in [0.3, 0.4) is 0 Å². The SMILES string of the molecule is Nc1cc(N2CCN(c3ccccc3)CC2)sn1. The van der Waals surface area contributed by atoms with E-state index < -0.39 is 0 Å². The minimum atomic E-state index is 0.625. The molecule has 0 spiro atoms. The number of aromatic nitrogens is 1. The summed E-state index contributed by atoms with van der Waals surface area (Å²) in [6, 6.07) is 12.5. The summed E-state index contributed by atoms with van der Waals surface area (Å²) in [5.41, 5.74) is 6.97. The molecule has 5 heteroatoms. The largest absolute Gasteiger partial charge is 0.383 e. The average molecular weight is 260 g/mol. The molecule has 0 amide bonds. The number of piperazine rings is 1. The fourth-order valence-corrected chi connectivity index (χ4v) is 2.97. The highest BCUT2D eigenvalue weighted by Crippen LogP contribution is 2.25. The molecule has 1 fully saturated rings. The highest BCUT2D eigenvalue weighted by Gasteiger charge is 2.18. The molecule has 1 aromatic heterocycles. The first kappa shape index (κ1) is 11.3. The molecule has 0 aliphatic carbocycles. The number of benzene rings is 1. The van der Waals surface area contributed by atoms with Gasteiger partial charge in [0.1, 0.15) is 10.8 Å². The van der Waals surface area contributed by atoms with Crippen molar-refractivity contribution < 1.29 is 0 Å². The normalized spacial score (nSPS) is 16.0. The van der Waals surface area contributed by atoms with Gasteiger partial charge in [0, 0.05) is 37.9 Å². The molecule has 0 unspecified atom stereocenters. The number of nitrogen functional groups attached to an aromatic ring is 1. The number of para-hydroxylation sites is 1. The van der Waals surface area contributed by atoms with Gasteiger partial charge >= 0.3 is 0 Å². The van der Waals surface area contributed by atoms with Crippen molar-refractivity contribution in [2.75, 3.05) is 41.7 Å². The van der Waals surface area contributed by atoms with E-state index in [1.165, 1.54) is 22.2 Å². The quantitative estimate of drug-likeness (QED) is 0.897. The lowest BCUT2D eigenvalue weighted by Crippen LogP contribution is -2.46. The highest BCUT2D eigenvalue weighted by atomic mass is 32.1. The molecule has 2 aromatic rings. The molecule has 4 nitrogen and oxygen atoms in total. The Balaban J connectivity index is 1.65. The van der Waals surface area contributed by atoms with Gasteiger partial charge in [-0.05, 0) is 23.7 Å². The number of anilines is 3. The van der Waals surface area contributed by atoms with E-state index in [1.54, 1.807) is 0 Å². The Labute approximate surface area is 111 Å². The molecule has 0 atom stereocenters. The fourth-order valence-electron chi connectivity index (χ4n) is 2.25. The first-order valence-corrected chi connectivity index (χ1v) is 6.87. The molecule has 0 bridgehead atoms. The van der Waals surface area contributed by atoms with Crippen molar-refractivity contribution in [3.63, 3.8) is 0 Å². The van der Waals surface area contributed by atoms with E-state index in [0.717, 1.165) is 26.2 Å². The number of nitrogens with two attached hydrogens (primary N) is 1. The molecule has 1 saturated heterocycles. The molecule has 1 aromatic carbocycles. The maximum atomic E-state index is 5.67. The number of nitrogens with zero attached hydrogens (tertiary/aromatic N) is 3. The predicted molar refractivity (Wildman–Crippen MR) is 77.4 cm³/mol. The van der Waals surface area contributed by atoms with Crippen molar-refractivity contribution >= 4 is 28.0 Å². The van der Waals surface area contributed by atoms with E-state index in [2.05, 4.69) is 44.5 Å². The molecule has 0 radical (unpaired) electrons. The lowest BCUT2D eigenvalue weighted by molar-refractivity contribution is 0.657. The summed E-state index contributed by atoms with van der Waals surface area (Å²) in [5, 5.41) is 1.18. The zero-order chi connectivity index (χ0) is 12.4. The molecule has 1 aliphatic rings. The summed E-state index contributed by atoms with van der Waals surface area (Å²) in [4.78, 5) is 4.77. The molecular formula is C13H16N4S. The smallest absolute Gasteiger partial charge is 0.139 e. The first-order chi connectivity index (χ1) is 8.83. The van der Waals surface area contributed by atoms with Crippen LogP contribution >= 0.6 is 11.5 Å².